The molecule has 2 amide bonds. The molecule has 27 nitrogen and oxygen atoms in total. The van der Waals surface area contributed by atoms with Crippen molar-refractivity contribution in [2.45, 2.75) is 61.1 Å². The molecule has 0 radical (unpaired) electrons. The highest BCUT2D eigenvalue weighted by atomic mass is 32.2. The SMILES string of the molecule is CC.CC.CC(=O)N(C)S(=O)(=O)c1ccc([N+](=O)[O-])cc1.CC(=O)NS(=O)(=O)c1ccc([N+](=O)[O-])cc1.CNS(=O)(=O)c1ccc([N+](=O)[O-])cc1.NNS(=O)(=O)c1ccc([N+](=O)[O-])cc1. The fraction of sp³-hybridized carbons (Fsp3) is 0.235. The van der Waals surface area contributed by atoms with Gasteiger partial charge in [0.2, 0.25) is 21.8 Å². The van der Waals surface area contributed by atoms with E-state index in [9.17, 15) is 83.7 Å². The predicted octanol–water partition coefficient (Wildman–Crippen LogP) is 3.48. The van der Waals surface area contributed by atoms with E-state index in [1.54, 1.807) is 9.55 Å². The molecule has 0 unspecified atom stereocenters. The van der Waals surface area contributed by atoms with Crippen LogP contribution >= 0.6 is 0 Å². The summed E-state index contributed by atoms with van der Waals surface area (Å²) in [4.78, 5) is 61.5. The first kappa shape index (κ1) is 60.2. The molecule has 0 saturated heterocycles. The summed E-state index contributed by atoms with van der Waals surface area (Å²) in [6.07, 6.45) is 0. The van der Waals surface area contributed by atoms with E-state index < -0.39 is 71.6 Å². The quantitative estimate of drug-likeness (QED) is 0.0896. The van der Waals surface area contributed by atoms with Crippen LogP contribution in [0.25, 0.3) is 0 Å². The van der Waals surface area contributed by atoms with Crippen molar-refractivity contribution in [3.63, 3.8) is 0 Å². The second kappa shape index (κ2) is 27.3. The van der Waals surface area contributed by atoms with E-state index in [2.05, 4.69) is 4.72 Å². The van der Waals surface area contributed by atoms with E-state index in [-0.39, 0.29) is 42.3 Å². The molecule has 65 heavy (non-hydrogen) atoms. The lowest BCUT2D eigenvalue weighted by Gasteiger charge is -2.14. The van der Waals surface area contributed by atoms with Crippen LogP contribution in [-0.2, 0) is 49.7 Å². The largest absolute Gasteiger partial charge is 0.274 e. The first-order valence-corrected chi connectivity index (χ1v) is 23.6. The van der Waals surface area contributed by atoms with Crippen LogP contribution in [0.1, 0.15) is 41.5 Å². The van der Waals surface area contributed by atoms with E-state index in [1.807, 2.05) is 27.7 Å². The Balaban J connectivity index is 0. The average molecular weight is 996 g/mol. The molecule has 0 aliphatic heterocycles. The van der Waals surface area contributed by atoms with Crippen molar-refractivity contribution in [3.05, 3.63) is 138 Å². The van der Waals surface area contributed by atoms with Crippen LogP contribution in [0.3, 0.4) is 0 Å². The van der Waals surface area contributed by atoms with Crippen LogP contribution in [-0.4, -0.2) is 83.6 Å². The van der Waals surface area contributed by atoms with Crippen LogP contribution in [0.15, 0.2) is 117 Å². The molecule has 0 aliphatic rings. The number of hydrazine groups is 1. The zero-order valence-electron chi connectivity index (χ0n) is 35.5. The topological polar surface area (TPSA) is 409 Å². The molecule has 31 heteroatoms. The second-order valence-electron chi connectivity index (χ2n) is 11.0. The Hall–Kier alpha value is -6.90. The van der Waals surface area contributed by atoms with E-state index in [0.717, 1.165) is 106 Å². The smallest absolute Gasteiger partial charge is 0.269 e. The summed E-state index contributed by atoms with van der Waals surface area (Å²) in [7, 11) is -12.7. The number of benzene rings is 4. The molecule has 4 aromatic carbocycles. The summed E-state index contributed by atoms with van der Waals surface area (Å²) < 4.78 is 95.4. The van der Waals surface area contributed by atoms with Gasteiger partial charge in [-0.3, -0.25) is 55.9 Å². The Bertz CT molecular complexity index is 2620. The third-order valence-electron chi connectivity index (χ3n) is 6.92. The van der Waals surface area contributed by atoms with Gasteiger partial charge >= 0.3 is 0 Å². The Morgan fingerprint density at radius 2 is 0.738 bits per heavy atom. The number of nitrogens with one attached hydrogen (secondary N) is 3. The van der Waals surface area contributed by atoms with Gasteiger partial charge in [-0.15, -0.1) is 0 Å². The highest BCUT2D eigenvalue weighted by Gasteiger charge is 2.23. The second-order valence-corrected chi connectivity index (χ2v) is 18.2. The number of nitrogens with zero attached hydrogens (tertiary/aromatic N) is 5. The third kappa shape index (κ3) is 19.6. The Morgan fingerprint density at radius 1 is 0.492 bits per heavy atom. The lowest BCUT2D eigenvalue weighted by molar-refractivity contribution is -0.385. The number of sulfonamides is 4. The minimum Gasteiger partial charge on any atom is -0.274 e. The standard InChI is InChI=1S/C9H10N2O5S.C8H8N2O5S.C7H8N2O4S.C6H7N3O4S.2C2H6/c1-7(12)10(2)17(15,16)9-5-3-8(4-6-9)11(13)14;1-6(11)9-16(14,15)8-4-2-7(3-5-8)10(12)13;1-8-14(12,13)7-4-2-6(3-5-7)9(10)11;7-8-14(12,13)6-3-1-5(2-4-6)9(10)11;2*1-2/h3-6H,1-2H3;2-5H,1H3,(H,9,11);2-5,8H,1H3;1-4,8H,7H2;2*1-2H3. The van der Waals surface area contributed by atoms with Crippen molar-refractivity contribution in [1.29, 1.82) is 0 Å². The van der Waals surface area contributed by atoms with Gasteiger partial charge < -0.3 is 0 Å². The first-order valence-electron chi connectivity index (χ1n) is 17.7. The van der Waals surface area contributed by atoms with Crippen molar-refractivity contribution < 1.29 is 63.0 Å². The number of carbonyl (C=O) groups is 2. The fourth-order valence-corrected chi connectivity index (χ4v) is 7.23. The van der Waals surface area contributed by atoms with Gasteiger partial charge in [-0.2, -0.15) is 4.83 Å². The molecule has 358 valence electrons. The molecule has 0 bridgehead atoms. The maximum Gasteiger partial charge on any atom is 0.269 e. The minimum atomic E-state index is -3.92. The van der Waals surface area contributed by atoms with Gasteiger partial charge in [0.1, 0.15) is 0 Å². The Kier molecular flexibility index (Phi) is 25.3. The number of nitro groups is 4. The molecule has 0 aliphatic carbocycles. The predicted molar refractivity (Wildman–Crippen MR) is 232 cm³/mol. The number of amides is 2. The molecule has 0 aromatic heterocycles. The van der Waals surface area contributed by atoms with Crippen LogP contribution in [0.5, 0.6) is 0 Å². The highest BCUT2D eigenvalue weighted by Crippen LogP contribution is 2.20. The summed E-state index contributed by atoms with van der Waals surface area (Å²) in [5.41, 5.74) is -0.753. The van der Waals surface area contributed by atoms with Crippen LogP contribution in [0.2, 0.25) is 0 Å². The number of nitro benzene ring substituents is 4. The van der Waals surface area contributed by atoms with E-state index >= 15 is 0 Å². The summed E-state index contributed by atoms with van der Waals surface area (Å²) in [5.74, 6) is 3.40. The number of non-ortho nitro benzene ring substituents is 4. The van der Waals surface area contributed by atoms with Crippen molar-refractivity contribution >= 4 is 74.7 Å². The summed E-state index contributed by atoms with van der Waals surface area (Å²) in [6, 6.07) is 17.6. The van der Waals surface area contributed by atoms with Crippen molar-refractivity contribution in [2.75, 3.05) is 14.1 Å². The molecule has 0 heterocycles. The minimum absolute atomic E-state index is 0.00519. The highest BCUT2D eigenvalue weighted by molar-refractivity contribution is 7.90. The molecule has 4 rings (SSSR count). The number of hydrogen-bond acceptors (Lipinski definition) is 19. The normalized spacial score (nSPS) is 10.5. The van der Waals surface area contributed by atoms with Crippen LogP contribution < -0.4 is 20.1 Å². The van der Waals surface area contributed by atoms with Gasteiger partial charge in [-0.1, -0.05) is 27.7 Å². The van der Waals surface area contributed by atoms with Gasteiger partial charge in [-0.25, -0.2) is 47.4 Å². The van der Waals surface area contributed by atoms with Gasteiger partial charge in [0, 0.05) is 69.4 Å². The van der Waals surface area contributed by atoms with E-state index in [0.29, 0.717) is 4.31 Å². The molecule has 5 N–H and O–H groups in total. The number of nitrogens with two attached hydrogens (primary N) is 1. The summed E-state index contributed by atoms with van der Waals surface area (Å²) >= 11 is 0. The molecular formula is C34H45N9O18S4. The third-order valence-corrected chi connectivity index (χ3v) is 12.9. The zero-order valence-corrected chi connectivity index (χ0v) is 38.8. The Labute approximate surface area is 373 Å². The van der Waals surface area contributed by atoms with Crippen molar-refractivity contribution in [1.82, 2.24) is 18.6 Å². The average Bonchev–Trinajstić information content (AvgIpc) is 3.27. The Morgan fingerprint density at radius 3 is 0.954 bits per heavy atom. The van der Waals surface area contributed by atoms with Crippen molar-refractivity contribution in [2.24, 2.45) is 5.84 Å². The molecule has 0 fully saturated rings. The van der Waals surface area contributed by atoms with Gasteiger partial charge in [-0.05, 0) is 55.6 Å². The molecule has 0 spiro atoms. The van der Waals surface area contributed by atoms with Gasteiger partial charge in [0.25, 0.3) is 52.8 Å². The molecule has 4 aromatic rings. The number of rotatable bonds is 12. The molecular weight excluding hydrogens is 951 g/mol. The zero-order chi connectivity index (χ0) is 51.1. The van der Waals surface area contributed by atoms with Crippen LogP contribution in [0, 0.1) is 40.5 Å². The van der Waals surface area contributed by atoms with Gasteiger partial charge in [0.05, 0.1) is 39.3 Å². The summed E-state index contributed by atoms with van der Waals surface area (Å²) in [6.45, 7) is 10.2. The lowest BCUT2D eigenvalue weighted by atomic mass is 10.3. The summed E-state index contributed by atoms with van der Waals surface area (Å²) in [5, 5.41) is 41.2. The van der Waals surface area contributed by atoms with Crippen molar-refractivity contribution in [3.8, 4) is 0 Å². The number of carbonyl (C=O) groups excluding carboxylic acids is 2. The monoisotopic (exact) mass is 995 g/mol. The number of hydrogen-bond donors (Lipinski definition) is 4. The maximum atomic E-state index is 11.8. The first-order chi connectivity index (χ1) is 30.0. The van der Waals surface area contributed by atoms with Crippen LogP contribution in [0.4, 0.5) is 22.7 Å². The van der Waals surface area contributed by atoms with E-state index in [1.165, 1.54) is 19.2 Å². The molecule has 0 atom stereocenters. The van der Waals surface area contributed by atoms with Gasteiger partial charge in [0.15, 0.2) is 0 Å². The maximum absolute atomic E-state index is 11.8. The fourth-order valence-electron chi connectivity index (χ4n) is 3.74. The molecule has 0 saturated carbocycles. The lowest BCUT2D eigenvalue weighted by Crippen LogP contribution is -2.31. The van der Waals surface area contributed by atoms with E-state index in [4.69, 9.17) is 5.84 Å².